The van der Waals surface area contributed by atoms with Gasteiger partial charge in [0.25, 0.3) is 5.91 Å². The Morgan fingerprint density at radius 3 is 2.74 bits per heavy atom. The van der Waals surface area contributed by atoms with E-state index in [9.17, 15) is 4.79 Å². The average Bonchev–Trinajstić information content (AvgIpc) is 3.16. The minimum atomic E-state index is -0.0590. The molecule has 1 heterocycles. The van der Waals surface area contributed by atoms with Crippen LogP contribution in [0, 0.1) is 0 Å². The van der Waals surface area contributed by atoms with E-state index in [1.54, 1.807) is 6.07 Å². The summed E-state index contributed by atoms with van der Waals surface area (Å²) in [6, 6.07) is 3.47. The van der Waals surface area contributed by atoms with Gasteiger partial charge >= 0.3 is 0 Å². The molecule has 4 nitrogen and oxygen atoms in total. The summed E-state index contributed by atoms with van der Waals surface area (Å²) in [5.74, 6) is 0.606. The van der Waals surface area contributed by atoms with Crippen LogP contribution in [0.25, 0.3) is 0 Å². The smallest absolute Gasteiger partial charge is 0.251 e. The summed E-state index contributed by atoms with van der Waals surface area (Å²) in [6.45, 7) is 4.80. The molecule has 1 fully saturated rings. The molecular formula is C14H21N3OS. The Balaban J connectivity index is 2.06. The van der Waals surface area contributed by atoms with Crippen LogP contribution in [0.1, 0.15) is 48.7 Å². The molecule has 2 rings (SSSR count). The van der Waals surface area contributed by atoms with Crippen molar-refractivity contribution in [3.05, 3.63) is 23.4 Å². The van der Waals surface area contributed by atoms with Gasteiger partial charge in [0.2, 0.25) is 0 Å². The van der Waals surface area contributed by atoms with Gasteiger partial charge in [0.05, 0.1) is 0 Å². The molecule has 1 aromatic rings. The molecule has 0 aliphatic heterocycles. The van der Waals surface area contributed by atoms with Crippen LogP contribution in [-0.4, -0.2) is 28.4 Å². The van der Waals surface area contributed by atoms with Gasteiger partial charge in [-0.1, -0.05) is 13.8 Å². The largest absolute Gasteiger partial charge is 0.384 e. The van der Waals surface area contributed by atoms with Crippen molar-refractivity contribution >= 4 is 23.5 Å². The van der Waals surface area contributed by atoms with E-state index in [-0.39, 0.29) is 16.6 Å². The van der Waals surface area contributed by atoms with E-state index >= 15 is 0 Å². The molecule has 1 aromatic heterocycles. The van der Waals surface area contributed by atoms with Gasteiger partial charge in [0.15, 0.2) is 0 Å². The number of hydrogen-bond acceptors (Lipinski definition) is 4. The Labute approximate surface area is 118 Å². The molecule has 0 bridgehead atoms. The second-order valence-electron chi connectivity index (χ2n) is 5.43. The molecule has 1 saturated carbocycles. The van der Waals surface area contributed by atoms with Crippen LogP contribution in [0.3, 0.4) is 0 Å². The second-order valence-corrected chi connectivity index (χ2v) is 6.70. The van der Waals surface area contributed by atoms with Crippen molar-refractivity contribution < 1.29 is 4.79 Å². The van der Waals surface area contributed by atoms with Gasteiger partial charge < -0.3 is 11.1 Å². The second kappa shape index (κ2) is 5.41. The average molecular weight is 279 g/mol. The molecular weight excluding hydrogens is 258 g/mol. The molecule has 0 aromatic carbocycles. The third-order valence-corrected chi connectivity index (χ3v) is 4.95. The quantitative estimate of drug-likeness (QED) is 0.868. The number of carbonyl (C=O) groups excluding carboxylic acids is 1. The minimum Gasteiger partial charge on any atom is -0.384 e. The number of anilines is 1. The zero-order chi connectivity index (χ0) is 14.0. The Kier molecular flexibility index (Phi) is 4.04. The highest BCUT2D eigenvalue weighted by Gasteiger charge is 2.41. The first-order chi connectivity index (χ1) is 8.96. The van der Waals surface area contributed by atoms with Gasteiger partial charge in [-0.2, -0.15) is 11.8 Å². The zero-order valence-corrected chi connectivity index (χ0v) is 12.5. The normalized spacial score (nSPS) is 16.4. The summed E-state index contributed by atoms with van der Waals surface area (Å²) in [4.78, 5) is 16.4. The predicted molar refractivity (Wildman–Crippen MR) is 80.6 cm³/mol. The maximum Gasteiger partial charge on any atom is 0.251 e. The number of nitrogens with two attached hydrogens (primary N) is 1. The van der Waals surface area contributed by atoms with Crippen LogP contribution in [0.2, 0.25) is 0 Å². The summed E-state index contributed by atoms with van der Waals surface area (Å²) in [7, 11) is 0. The lowest BCUT2D eigenvalue weighted by atomic mass is 10.1. The third-order valence-electron chi connectivity index (χ3n) is 3.53. The van der Waals surface area contributed by atoms with Crippen molar-refractivity contribution in [2.24, 2.45) is 0 Å². The van der Waals surface area contributed by atoms with E-state index in [0.717, 1.165) is 12.2 Å². The topological polar surface area (TPSA) is 68.0 Å². The van der Waals surface area contributed by atoms with Crippen molar-refractivity contribution in [3.8, 4) is 0 Å². The molecule has 3 N–H and O–H groups in total. The van der Waals surface area contributed by atoms with Crippen molar-refractivity contribution in [3.63, 3.8) is 0 Å². The SMILES string of the molecule is CSC1(CNC(=O)c2cc(N)nc(C(C)C)c2)CC1. The number of amides is 1. The number of nitrogen functional groups attached to an aromatic ring is 1. The van der Waals surface area contributed by atoms with E-state index < -0.39 is 0 Å². The van der Waals surface area contributed by atoms with E-state index in [1.807, 2.05) is 31.7 Å². The van der Waals surface area contributed by atoms with Crippen LogP contribution in [0.4, 0.5) is 5.82 Å². The zero-order valence-electron chi connectivity index (χ0n) is 11.7. The van der Waals surface area contributed by atoms with Crippen molar-refractivity contribution in [1.29, 1.82) is 0 Å². The fraction of sp³-hybridized carbons (Fsp3) is 0.571. The highest BCUT2D eigenvalue weighted by molar-refractivity contribution is 8.00. The maximum absolute atomic E-state index is 12.2. The molecule has 0 atom stereocenters. The first-order valence-corrected chi connectivity index (χ1v) is 7.79. The summed E-state index contributed by atoms with van der Waals surface area (Å²) in [5, 5.41) is 3.00. The molecule has 0 saturated heterocycles. The van der Waals surface area contributed by atoms with Gasteiger partial charge in [0, 0.05) is 22.5 Å². The number of thioether (sulfide) groups is 1. The molecule has 0 spiro atoms. The number of nitrogens with one attached hydrogen (secondary N) is 1. The maximum atomic E-state index is 12.2. The highest BCUT2D eigenvalue weighted by Crippen LogP contribution is 2.46. The summed E-state index contributed by atoms with van der Waals surface area (Å²) in [5.41, 5.74) is 7.22. The number of rotatable bonds is 5. The standard InChI is InChI=1S/C14H21N3OS/c1-9(2)11-6-10(7-12(15)17-11)13(18)16-8-14(19-3)4-5-14/h6-7,9H,4-5,8H2,1-3H3,(H2,15,17)(H,16,18). The fourth-order valence-electron chi connectivity index (χ4n) is 1.94. The number of hydrogen-bond donors (Lipinski definition) is 2. The molecule has 5 heteroatoms. The first kappa shape index (κ1) is 14.2. The Hall–Kier alpha value is -1.23. The molecule has 0 unspecified atom stereocenters. The fourth-order valence-corrected chi connectivity index (χ4v) is 2.66. The van der Waals surface area contributed by atoms with Gasteiger partial charge in [-0.05, 0) is 37.1 Å². The summed E-state index contributed by atoms with van der Waals surface area (Å²) >= 11 is 1.83. The Bertz CT molecular complexity index is 484. The van der Waals surface area contributed by atoms with Crippen molar-refractivity contribution in [2.75, 3.05) is 18.5 Å². The van der Waals surface area contributed by atoms with Crippen LogP contribution in [0.15, 0.2) is 12.1 Å². The summed E-state index contributed by atoms with van der Waals surface area (Å²) in [6.07, 6.45) is 4.47. The summed E-state index contributed by atoms with van der Waals surface area (Å²) < 4.78 is 0.273. The van der Waals surface area contributed by atoms with Crippen LogP contribution >= 0.6 is 11.8 Å². The van der Waals surface area contributed by atoms with E-state index in [4.69, 9.17) is 5.73 Å². The van der Waals surface area contributed by atoms with Crippen molar-refractivity contribution in [2.45, 2.75) is 37.4 Å². The highest BCUT2D eigenvalue weighted by atomic mass is 32.2. The van der Waals surface area contributed by atoms with Gasteiger partial charge in [-0.3, -0.25) is 4.79 Å². The van der Waals surface area contributed by atoms with Crippen LogP contribution < -0.4 is 11.1 Å². The third kappa shape index (κ3) is 3.41. The first-order valence-electron chi connectivity index (χ1n) is 6.56. The number of nitrogens with zero attached hydrogens (tertiary/aromatic N) is 1. The lowest BCUT2D eigenvalue weighted by Crippen LogP contribution is -2.31. The monoisotopic (exact) mass is 279 g/mol. The van der Waals surface area contributed by atoms with Crippen LogP contribution in [0.5, 0.6) is 0 Å². The molecule has 1 aliphatic carbocycles. The van der Waals surface area contributed by atoms with Crippen molar-refractivity contribution in [1.82, 2.24) is 10.3 Å². The number of aromatic nitrogens is 1. The van der Waals surface area contributed by atoms with E-state index in [1.165, 1.54) is 12.8 Å². The minimum absolute atomic E-state index is 0.0590. The molecule has 104 valence electrons. The van der Waals surface area contributed by atoms with Gasteiger partial charge in [-0.25, -0.2) is 4.98 Å². The number of pyridine rings is 1. The predicted octanol–water partition coefficient (Wildman–Crippen LogP) is 2.41. The number of carbonyl (C=O) groups is 1. The Morgan fingerprint density at radius 1 is 1.53 bits per heavy atom. The molecule has 0 radical (unpaired) electrons. The van der Waals surface area contributed by atoms with E-state index in [0.29, 0.717) is 11.4 Å². The van der Waals surface area contributed by atoms with Gasteiger partial charge in [-0.15, -0.1) is 0 Å². The lowest BCUT2D eigenvalue weighted by molar-refractivity contribution is 0.0953. The Morgan fingerprint density at radius 2 is 2.21 bits per heavy atom. The molecule has 19 heavy (non-hydrogen) atoms. The van der Waals surface area contributed by atoms with Gasteiger partial charge in [0.1, 0.15) is 5.82 Å². The lowest BCUT2D eigenvalue weighted by Gasteiger charge is -2.14. The molecule has 1 amide bonds. The van der Waals surface area contributed by atoms with Crippen LogP contribution in [-0.2, 0) is 0 Å². The van der Waals surface area contributed by atoms with E-state index in [2.05, 4.69) is 16.6 Å². The molecule has 1 aliphatic rings.